The number of furan rings is 1. The Morgan fingerprint density at radius 3 is 2.71 bits per heavy atom. The third-order valence-corrected chi connectivity index (χ3v) is 4.71. The molecule has 1 aliphatic carbocycles. The lowest BCUT2D eigenvalue weighted by molar-refractivity contribution is -0.120. The average Bonchev–Trinajstić information content (AvgIpc) is 3.08. The van der Waals surface area contributed by atoms with Crippen molar-refractivity contribution in [3.05, 3.63) is 54.3 Å². The maximum Gasteiger partial charge on any atom is 0.284 e. The Balaban J connectivity index is 1.56. The molecule has 1 atom stereocenters. The lowest BCUT2D eigenvalue weighted by Crippen LogP contribution is -2.29. The van der Waals surface area contributed by atoms with Crippen LogP contribution in [-0.2, 0) is 4.79 Å². The number of carbonyl (C=O) groups excluding carboxylic acids is 1. The molecule has 1 saturated carbocycles. The van der Waals surface area contributed by atoms with Gasteiger partial charge in [-0.2, -0.15) is 0 Å². The Morgan fingerprint density at radius 2 is 2.00 bits per heavy atom. The highest BCUT2D eigenvalue weighted by atomic mass is 32.2. The van der Waals surface area contributed by atoms with Crippen molar-refractivity contribution in [2.24, 2.45) is 0 Å². The van der Waals surface area contributed by atoms with E-state index in [1.807, 2.05) is 30.3 Å². The van der Waals surface area contributed by atoms with Gasteiger partial charge in [-0.15, -0.1) is 10.2 Å². The lowest BCUT2D eigenvalue weighted by atomic mass is 10.1. The summed E-state index contributed by atoms with van der Waals surface area (Å²) >= 11 is 1.24. The number of amides is 1. The van der Waals surface area contributed by atoms with Crippen molar-refractivity contribution in [2.75, 3.05) is 0 Å². The van der Waals surface area contributed by atoms with E-state index in [1.165, 1.54) is 11.8 Å². The van der Waals surface area contributed by atoms with Crippen molar-refractivity contribution in [2.45, 2.75) is 29.4 Å². The zero-order valence-electron chi connectivity index (χ0n) is 12.7. The summed E-state index contributed by atoms with van der Waals surface area (Å²) in [7, 11) is 0. The fourth-order valence-corrected chi connectivity index (χ4v) is 3.15. The Morgan fingerprint density at radius 1 is 1.17 bits per heavy atom. The molecule has 7 heteroatoms. The topological polar surface area (TPSA) is 81.2 Å². The van der Waals surface area contributed by atoms with Crippen molar-refractivity contribution in [1.82, 2.24) is 15.5 Å². The first-order valence-electron chi connectivity index (χ1n) is 7.69. The lowest BCUT2D eigenvalue weighted by Gasteiger charge is -2.14. The fourth-order valence-electron chi connectivity index (χ4n) is 2.26. The molecular formula is C17H15N3O3S. The van der Waals surface area contributed by atoms with Crippen LogP contribution in [0.1, 0.15) is 23.7 Å². The molecule has 0 saturated heterocycles. The number of hydrogen-bond donors (Lipinski definition) is 1. The van der Waals surface area contributed by atoms with E-state index in [0.717, 1.165) is 18.4 Å². The average molecular weight is 341 g/mol. The Bertz CT molecular complexity index is 813. The van der Waals surface area contributed by atoms with Crippen LogP contribution in [0.4, 0.5) is 0 Å². The van der Waals surface area contributed by atoms with Crippen LogP contribution in [0.25, 0.3) is 11.7 Å². The zero-order chi connectivity index (χ0) is 16.4. The number of nitrogens with zero attached hydrogens (tertiary/aromatic N) is 2. The predicted molar refractivity (Wildman–Crippen MR) is 88.2 cm³/mol. The molecular weight excluding hydrogens is 326 g/mol. The van der Waals surface area contributed by atoms with Gasteiger partial charge in [0.1, 0.15) is 5.25 Å². The normalized spacial score (nSPS) is 15.2. The summed E-state index contributed by atoms with van der Waals surface area (Å²) in [5.41, 5.74) is 0.901. The highest BCUT2D eigenvalue weighted by molar-refractivity contribution is 8.00. The van der Waals surface area contributed by atoms with Gasteiger partial charge in [0.05, 0.1) is 6.26 Å². The van der Waals surface area contributed by atoms with Crippen LogP contribution >= 0.6 is 11.8 Å². The van der Waals surface area contributed by atoms with Gasteiger partial charge in [-0.3, -0.25) is 4.79 Å². The van der Waals surface area contributed by atoms with E-state index in [1.54, 1.807) is 18.4 Å². The molecule has 1 fully saturated rings. The second-order valence-corrected chi connectivity index (χ2v) is 6.60. The largest absolute Gasteiger partial charge is 0.459 e. The van der Waals surface area contributed by atoms with Crippen LogP contribution in [0.2, 0.25) is 0 Å². The number of rotatable bonds is 6. The minimum atomic E-state index is -0.434. The number of nitrogens with one attached hydrogen (secondary N) is 1. The summed E-state index contributed by atoms with van der Waals surface area (Å²) in [6, 6.07) is 13.4. The van der Waals surface area contributed by atoms with E-state index in [0.29, 0.717) is 22.9 Å². The monoisotopic (exact) mass is 341 g/mol. The predicted octanol–water partition coefficient (Wildman–Crippen LogP) is 3.44. The molecule has 0 aliphatic heterocycles. The molecule has 3 aromatic rings. The smallest absolute Gasteiger partial charge is 0.284 e. The van der Waals surface area contributed by atoms with Crippen molar-refractivity contribution < 1.29 is 13.6 Å². The van der Waals surface area contributed by atoms with E-state index in [4.69, 9.17) is 8.83 Å². The Labute approximate surface area is 142 Å². The molecule has 2 heterocycles. The molecule has 0 radical (unpaired) electrons. The zero-order valence-corrected chi connectivity index (χ0v) is 13.5. The van der Waals surface area contributed by atoms with Crippen LogP contribution in [-0.4, -0.2) is 22.1 Å². The summed E-state index contributed by atoms with van der Waals surface area (Å²) in [6.07, 6.45) is 3.63. The van der Waals surface area contributed by atoms with Crippen molar-refractivity contribution in [3.8, 4) is 11.7 Å². The van der Waals surface area contributed by atoms with E-state index >= 15 is 0 Å². The quantitative estimate of drug-likeness (QED) is 0.692. The van der Waals surface area contributed by atoms with E-state index in [2.05, 4.69) is 15.5 Å². The first-order valence-corrected chi connectivity index (χ1v) is 8.57. The second kappa shape index (κ2) is 6.52. The third-order valence-electron chi connectivity index (χ3n) is 3.62. The van der Waals surface area contributed by atoms with Gasteiger partial charge in [0.15, 0.2) is 5.76 Å². The van der Waals surface area contributed by atoms with Gasteiger partial charge < -0.3 is 14.2 Å². The van der Waals surface area contributed by atoms with E-state index in [9.17, 15) is 4.79 Å². The summed E-state index contributed by atoms with van der Waals surface area (Å²) in [6.45, 7) is 0. The van der Waals surface area contributed by atoms with Crippen LogP contribution in [0.3, 0.4) is 0 Å². The number of aromatic nitrogens is 2. The van der Waals surface area contributed by atoms with Gasteiger partial charge in [0.2, 0.25) is 5.91 Å². The second-order valence-electron chi connectivity index (χ2n) is 5.54. The van der Waals surface area contributed by atoms with Gasteiger partial charge >= 0.3 is 0 Å². The van der Waals surface area contributed by atoms with Crippen LogP contribution < -0.4 is 5.32 Å². The van der Waals surface area contributed by atoms with Gasteiger partial charge in [0, 0.05) is 6.04 Å². The summed E-state index contributed by atoms with van der Waals surface area (Å²) < 4.78 is 10.9. The Hall–Kier alpha value is -2.54. The summed E-state index contributed by atoms with van der Waals surface area (Å²) in [4.78, 5) is 12.6. The summed E-state index contributed by atoms with van der Waals surface area (Å²) in [5, 5.41) is 10.9. The molecule has 122 valence electrons. The Kier molecular flexibility index (Phi) is 4.08. The van der Waals surface area contributed by atoms with Gasteiger partial charge in [0.25, 0.3) is 11.1 Å². The van der Waals surface area contributed by atoms with Crippen molar-refractivity contribution >= 4 is 17.7 Å². The molecule has 4 rings (SSSR count). The van der Waals surface area contributed by atoms with Crippen LogP contribution in [0.15, 0.2) is 62.8 Å². The number of benzene rings is 1. The molecule has 1 aliphatic rings. The molecule has 0 spiro atoms. The van der Waals surface area contributed by atoms with Gasteiger partial charge in [-0.1, -0.05) is 30.3 Å². The molecule has 24 heavy (non-hydrogen) atoms. The molecule has 6 nitrogen and oxygen atoms in total. The third kappa shape index (κ3) is 3.35. The number of thioether (sulfide) groups is 1. The number of carbonyl (C=O) groups is 1. The first-order chi connectivity index (χ1) is 11.8. The van der Waals surface area contributed by atoms with E-state index in [-0.39, 0.29) is 5.91 Å². The number of hydrogen-bond acceptors (Lipinski definition) is 6. The standard InChI is InChI=1S/C17H15N3O3S/c21-15(18-12-8-9-12)14(11-5-2-1-3-6-11)24-17-20-19-16(23-17)13-7-4-10-22-13/h1-7,10,12,14H,8-9H2,(H,18,21)/t14-/m0/s1. The van der Waals surface area contributed by atoms with Crippen LogP contribution in [0, 0.1) is 0 Å². The molecule has 1 amide bonds. The maximum absolute atomic E-state index is 12.6. The van der Waals surface area contributed by atoms with Crippen LogP contribution in [0.5, 0.6) is 0 Å². The van der Waals surface area contributed by atoms with Crippen molar-refractivity contribution in [1.29, 1.82) is 0 Å². The highest BCUT2D eigenvalue weighted by Crippen LogP contribution is 2.36. The fraction of sp³-hybridized carbons (Fsp3) is 0.235. The van der Waals surface area contributed by atoms with Crippen molar-refractivity contribution in [3.63, 3.8) is 0 Å². The minimum absolute atomic E-state index is 0.0357. The van der Waals surface area contributed by atoms with Gasteiger partial charge in [-0.25, -0.2) is 0 Å². The molecule has 0 bridgehead atoms. The molecule has 1 aromatic carbocycles. The molecule has 0 unspecified atom stereocenters. The maximum atomic E-state index is 12.6. The van der Waals surface area contributed by atoms with E-state index < -0.39 is 5.25 Å². The molecule has 1 N–H and O–H groups in total. The first kappa shape index (κ1) is 15.0. The van der Waals surface area contributed by atoms with Gasteiger partial charge in [-0.05, 0) is 42.3 Å². The molecule has 2 aromatic heterocycles. The minimum Gasteiger partial charge on any atom is -0.459 e. The highest BCUT2D eigenvalue weighted by Gasteiger charge is 2.30. The SMILES string of the molecule is O=C(NC1CC1)[C@@H](Sc1nnc(-c2ccco2)o1)c1ccccc1. The summed E-state index contributed by atoms with van der Waals surface area (Å²) in [5.74, 6) is 0.774.